The lowest BCUT2D eigenvalue weighted by atomic mass is 10.5. The summed E-state index contributed by atoms with van der Waals surface area (Å²) in [7, 11) is 0. The van der Waals surface area contributed by atoms with E-state index >= 15 is 0 Å². The van der Waals surface area contributed by atoms with Gasteiger partial charge in [-0.2, -0.15) is 4.98 Å². The fraction of sp³-hybridized carbons (Fsp3) is 0.250. The maximum Gasteiger partial charge on any atom is 0.328 e. The minimum atomic E-state index is -1.26. The number of ether oxygens (including phenoxy) is 1. The average molecular weight is 325 g/mol. The zero-order valence-corrected chi connectivity index (χ0v) is 11.9. The van der Waals surface area contributed by atoms with Crippen molar-refractivity contribution in [1.29, 1.82) is 0 Å². The molecule has 2 aromatic heterocycles. The summed E-state index contributed by atoms with van der Waals surface area (Å²) in [6, 6.07) is 0. The van der Waals surface area contributed by atoms with Crippen LogP contribution in [0.15, 0.2) is 24.7 Å². The number of hydrogen-bond acceptors (Lipinski definition) is 8. The van der Waals surface area contributed by atoms with Crippen molar-refractivity contribution in [2.75, 3.05) is 18.9 Å². The minimum absolute atomic E-state index is 0.0102. The fourth-order valence-corrected chi connectivity index (χ4v) is 1.33. The number of aliphatic carboxylic acids is 2. The third-order valence-corrected chi connectivity index (χ3v) is 2.21. The first kappa shape index (κ1) is 18.0. The van der Waals surface area contributed by atoms with E-state index in [1.165, 1.54) is 0 Å². The van der Waals surface area contributed by atoms with Gasteiger partial charge in [-0.25, -0.2) is 19.6 Å². The molecule has 0 unspecified atom stereocenters. The summed E-state index contributed by atoms with van der Waals surface area (Å²) in [6.07, 6.45) is 4.26. The molecule has 0 bridgehead atoms. The standard InChI is InChI=1S/C8H11N5O2.C4H4O4/c9-8-10-3-6-7(12-8)13(4-11-6)5-15-2-1-14;5-3(6)1-2-4(7)8/h3-4,14H,1-2,5H2,(H2,9,10,12);1-2H,(H,5,6)(H,7,8)/b;2-1+. The van der Waals surface area contributed by atoms with E-state index in [1.807, 2.05) is 0 Å². The van der Waals surface area contributed by atoms with Gasteiger partial charge in [0.15, 0.2) is 5.65 Å². The number of nitrogens with zero attached hydrogens (tertiary/aromatic N) is 4. The molecule has 0 fully saturated rings. The lowest BCUT2D eigenvalue weighted by molar-refractivity contribution is -0.134. The predicted octanol–water partition coefficient (Wildman–Crippen LogP) is -0.913. The number of anilines is 1. The Balaban J connectivity index is 0.000000284. The quantitative estimate of drug-likeness (QED) is 0.384. The summed E-state index contributed by atoms with van der Waals surface area (Å²) >= 11 is 0. The minimum Gasteiger partial charge on any atom is -0.478 e. The monoisotopic (exact) mass is 325 g/mol. The highest BCUT2D eigenvalue weighted by molar-refractivity contribution is 5.89. The van der Waals surface area contributed by atoms with Gasteiger partial charge in [-0.3, -0.25) is 4.57 Å². The number of nitrogens with two attached hydrogens (primary N) is 1. The topological polar surface area (TPSA) is 174 Å². The lowest BCUT2D eigenvalue weighted by Crippen LogP contribution is -2.06. The highest BCUT2D eigenvalue weighted by Crippen LogP contribution is 2.09. The van der Waals surface area contributed by atoms with Gasteiger partial charge in [0.05, 0.1) is 25.7 Å². The Kier molecular flexibility index (Phi) is 7.10. The molecule has 0 spiro atoms. The van der Waals surface area contributed by atoms with Crippen LogP contribution in [0, 0.1) is 0 Å². The molecule has 0 aliphatic heterocycles. The first-order chi connectivity index (χ1) is 10.9. The third-order valence-electron chi connectivity index (χ3n) is 2.21. The van der Waals surface area contributed by atoms with Crippen LogP contribution in [0.1, 0.15) is 0 Å². The predicted molar refractivity (Wildman–Crippen MR) is 77.2 cm³/mol. The number of imidazole rings is 1. The van der Waals surface area contributed by atoms with Crippen LogP contribution in [-0.2, 0) is 21.1 Å². The Morgan fingerprint density at radius 1 is 1.26 bits per heavy atom. The van der Waals surface area contributed by atoms with E-state index in [0.29, 0.717) is 23.3 Å². The number of hydrogen-bond donors (Lipinski definition) is 4. The molecular weight excluding hydrogens is 310 g/mol. The van der Waals surface area contributed by atoms with Crippen LogP contribution in [0.2, 0.25) is 0 Å². The number of aliphatic hydroxyl groups excluding tert-OH is 1. The van der Waals surface area contributed by atoms with Gasteiger partial charge in [-0.1, -0.05) is 0 Å². The van der Waals surface area contributed by atoms with E-state index in [4.69, 9.17) is 25.8 Å². The molecule has 11 heteroatoms. The van der Waals surface area contributed by atoms with Gasteiger partial charge in [-0.15, -0.1) is 0 Å². The number of carboxylic acid groups (broad SMARTS) is 2. The van der Waals surface area contributed by atoms with Crippen molar-refractivity contribution < 1.29 is 29.6 Å². The van der Waals surface area contributed by atoms with Crippen molar-refractivity contribution in [3.63, 3.8) is 0 Å². The highest BCUT2D eigenvalue weighted by Gasteiger charge is 2.04. The molecule has 0 aliphatic carbocycles. The average Bonchev–Trinajstić information content (AvgIpc) is 2.89. The first-order valence-corrected chi connectivity index (χ1v) is 6.20. The van der Waals surface area contributed by atoms with E-state index in [0.717, 1.165) is 0 Å². The Morgan fingerprint density at radius 3 is 2.48 bits per heavy atom. The second-order valence-corrected chi connectivity index (χ2v) is 3.92. The number of aromatic nitrogens is 4. The van der Waals surface area contributed by atoms with Crippen LogP contribution in [0.5, 0.6) is 0 Å². The van der Waals surface area contributed by atoms with Crippen molar-refractivity contribution >= 4 is 29.1 Å². The number of fused-ring (bicyclic) bond motifs is 1. The molecule has 0 amide bonds. The Bertz CT molecular complexity index is 682. The summed E-state index contributed by atoms with van der Waals surface area (Å²) in [5.41, 5.74) is 6.75. The molecule has 0 radical (unpaired) electrons. The van der Waals surface area contributed by atoms with Gasteiger partial charge in [-0.05, 0) is 0 Å². The molecule has 124 valence electrons. The maximum absolute atomic E-state index is 9.55. The Labute approximate surface area is 129 Å². The van der Waals surface area contributed by atoms with Gasteiger partial charge < -0.3 is 25.8 Å². The summed E-state index contributed by atoms with van der Waals surface area (Å²) in [5.74, 6) is -2.31. The summed E-state index contributed by atoms with van der Waals surface area (Å²) < 4.78 is 6.84. The fourth-order valence-electron chi connectivity index (χ4n) is 1.33. The van der Waals surface area contributed by atoms with E-state index in [-0.39, 0.29) is 25.9 Å². The maximum atomic E-state index is 9.55. The molecule has 0 aromatic carbocycles. The third kappa shape index (κ3) is 6.50. The largest absolute Gasteiger partial charge is 0.478 e. The van der Waals surface area contributed by atoms with Gasteiger partial charge in [0, 0.05) is 12.2 Å². The van der Waals surface area contributed by atoms with Gasteiger partial charge >= 0.3 is 11.9 Å². The molecule has 11 nitrogen and oxygen atoms in total. The molecule has 0 atom stereocenters. The van der Waals surface area contributed by atoms with E-state index in [2.05, 4.69) is 15.0 Å². The first-order valence-electron chi connectivity index (χ1n) is 6.20. The molecule has 5 N–H and O–H groups in total. The molecule has 0 aliphatic rings. The smallest absolute Gasteiger partial charge is 0.328 e. The van der Waals surface area contributed by atoms with E-state index in [1.54, 1.807) is 17.1 Å². The van der Waals surface area contributed by atoms with Crippen LogP contribution in [0.25, 0.3) is 11.2 Å². The second kappa shape index (κ2) is 9.07. The van der Waals surface area contributed by atoms with Gasteiger partial charge in [0.1, 0.15) is 12.2 Å². The molecule has 23 heavy (non-hydrogen) atoms. The van der Waals surface area contributed by atoms with Crippen molar-refractivity contribution in [1.82, 2.24) is 19.5 Å². The van der Waals surface area contributed by atoms with Crippen molar-refractivity contribution in [2.45, 2.75) is 6.73 Å². The number of nitrogen functional groups attached to an aromatic ring is 1. The van der Waals surface area contributed by atoms with Gasteiger partial charge in [0.25, 0.3) is 0 Å². The van der Waals surface area contributed by atoms with Crippen LogP contribution < -0.4 is 5.73 Å². The number of aliphatic hydroxyl groups is 1. The normalized spacial score (nSPS) is 10.5. The summed E-state index contributed by atoms with van der Waals surface area (Å²) in [5, 5.41) is 24.2. The van der Waals surface area contributed by atoms with Crippen molar-refractivity contribution in [2.24, 2.45) is 0 Å². The van der Waals surface area contributed by atoms with E-state index in [9.17, 15) is 9.59 Å². The highest BCUT2D eigenvalue weighted by atomic mass is 16.5. The van der Waals surface area contributed by atoms with Crippen LogP contribution in [0.4, 0.5) is 5.95 Å². The summed E-state index contributed by atoms with van der Waals surface area (Å²) in [6.45, 7) is 0.553. The number of carbonyl (C=O) groups is 2. The van der Waals surface area contributed by atoms with E-state index < -0.39 is 11.9 Å². The molecule has 2 rings (SSSR count). The SMILES string of the molecule is Nc1ncc2ncn(COCCO)c2n1.O=C(O)/C=C/C(=O)O. The second-order valence-electron chi connectivity index (χ2n) is 3.92. The molecule has 0 saturated carbocycles. The lowest BCUT2D eigenvalue weighted by Gasteiger charge is -2.03. The molecule has 0 saturated heterocycles. The van der Waals surface area contributed by atoms with Crippen LogP contribution in [-0.4, -0.2) is 60.0 Å². The number of carboxylic acids is 2. The summed E-state index contributed by atoms with van der Waals surface area (Å²) in [4.78, 5) is 31.1. The van der Waals surface area contributed by atoms with Crippen molar-refractivity contribution in [3.8, 4) is 0 Å². The molecule has 2 heterocycles. The molecule has 2 aromatic rings. The Morgan fingerprint density at radius 2 is 1.91 bits per heavy atom. The van der Waals surface area contributed by atoms with Crippen LogP contribution in [0.3, 0.4) is 0 Å². The van der Waals surface area contributed by atoms with Crippen LogP contribution >= 0.6 is 0 Å². The van der Waals surface area contributed by atoms with Gasteiger partial charge in [0.2, 0.25) is 5.95 Å². The van der Waals surface area contributed by atoms with Crippen molar-refractivity contribution in [3.05, 3.63) is 24.7 Å². The Hall–Kier alpha value is -3.05. The molecular formula is C12H15N5O6. The number of rotatable bonds is 6. The zero-order valence-electron chi connectivity index (χ0n) is 11.9. The zero-order chi connectivity index (χ0) is 17.2.